The average Bonchev–Trinajstić information content (AvgIpc) is 2.53. The minimum absolute atomic E-state index is 0.449. The molecule has 2 rings (SSSR count). The summed E-state index contributed by atoms with van der Waals surface area (Å²) in [6.07, 6.45) is 0. The molecule has 4 nitrogen and oxygen atoms in total. The van der Waals surface area contributed by atoms with Crippen LogP contribution in [0.15, 0.2) is 48.5 Å². The van der Waals surface area contributed by atoms with Crippen LogP contribution in [0.5, 0.6) is 11.5 Å². The lowest BCUT2D eigenvalue weighted by molar-refractivity contribution is 0.217. The van der Waals surface area contributed by atoms with Gasteiger partial charge in [-0.15, -0.1) is 0 Å². The highest BCUT2D eigenvalue weighted by Crippen LogP contribution is 2.13. The number of nitriles is 1. The van der Waals surface area contributed by atoms with Crippen molar-refractivity contribution in [3.8, 4) is 17.6 Å². The van der Waals surface area contributed by atoms with Gasteiger partial charge in [-0.2, -0.15) is 5.26 Å². The van der Waals surface area contributed by atoms with E-state index in [-0.39, 0.29) is 0 Å². The molecule has 0 saturated carbocycles. The molecule has 2 aromatic rings. The van der Waals surface area contributed by atoms with Crippen molar-refractivity contribution in [1.82, 2.24) is 0 Å². The highest BCUT2D eigenvalue weighted by molar-refractivity contribution is 5.34. The van der Waals surface area contributed by atoms with E-state index in [2.05, 4.69) is 6.07 Å². The van der Waals surface area contributed by atoms with E-state index < -0.39 is 0 Å². The topological polar surface area (TPSA) is 68.3 Å². The van der Waals surface area contributed by atoms with Gasteiger partial charge in [0.15, 0.2) is 0 Å². The van der Waals surface area contributed by atoms with E-state index in [1.165, 1.54) is 0 Å². The molecule has 2 aromatic carbocycles. The number of hydrogen-bond acceptors (Lipinski definition) is 4. The van der Waals surface area contributed by atoms with Crippen molar-refractivity contribution < 1.29 is 9.47 Å². The molecule has 0 unspecified atom stereocenters. The summed E-state index contributed by atoms with van der Waals surface area (Å²) in [6.45, 7) is 1.44. The van der Waals surface area contributed by atoms with Crippen molar-refractivity contribution in [2.75, 3.05) is 13.2 Å². The van der Waals surface area contributed by atoms with E-state index in [4.69, 9.17) is 20.5 Å². The lowest BCUT2D eigenvalue weighted by Crippen LogP contribution is -2.09. The van der Waals surface area contributed by atoms with Gasteiger partial charge in [0.25, 0.3) is 0 Å². The molecular weight excluding hydrogens is 252 g/mol. The van der Waals surface area contributed by atoms with E-state index in [0.29, 0.717) is 25.3 Å². The van der Waals surface area contributed by atoms with Gasteiger partial charge >= 0.3 is 0 Å². The first-order valence-corrected chi connectivity index (χ1v) is 6.36. The second-order valence-electron chi connectivity index (χ2n) is 4.18. The molecule has 0 aliphatic heterocycles. The van der Waals surface area contributed by atoms with Gasteiger partial charge in [0, 0.05) is 6.54 Å². The molecule has 0 aliphatic carbocycles. The van der Waals surface area contributed by atoms with Crippen LogP contribution in [0.3, 0.4) is 0 Å². The molecule has 0 fully saturated rings. The zero-order valence-corrected chi connectivity index (χ0v) is 11.1. The average molecular weight is 268 g/mol. The number of hydrogen-bond donors (Lipinski definition) is 1. The minimum atomic E-state index is 0.449. The molecule has 0 bridgehead atoms. The van der Waals surface area contributed by atoms with Crippen molar-refractivity contribution in [2.45, 2.75) is 6.54 Å². The van der Waals surface area contributed by atoms with Crippen LogP contribution in [0.4, 0.5) is 0 Å². The Morgan fingerprint density at radius 1 is 0.850 bits per heavy atom. The van der Waals surface area contributed by atoms with Gasteiger partial charge in [0.1, 0.15) is 24.7 Å². The molecule has 0 heterocycles. The maximum atomic E-state index is 8.69. The van der Waals surface area contributed by atoms with Crippen LogP contribution in [-0.4, -0.2) is 13.2 Å². The second-order valence-corrected chi connectivity index (χ2v) is 4.18. The molecule has 0 amide bonds. The summed E-state index contributed by atoms with van der Waals surface area (Å²) in [5.74, 6) is 1.52. The van der Waals surface area contributed by atoms with Gasteiger partial charge < -0.3 is 15.2 Å². The van der Waals surface area contributed by atoms with E-state index in [1.807, 2.05) is 24.3 Å². The molecule has 102 valence electrons. The molecule has 0 spiro atoms. The number of benzene rings is 2. The van der Waals surface area contributed by atoms with Gasteiger partial charge in [0.2, 0.25) is 0 Å². The monoisotopic (exact) mass is 268 g/mol. The van der Waals surface area contributed by atoms with E-state index in [9.17, 15) is 0 Å². The number of nitrogens with two attached hydrogens (primary N) is 1. The summed E-state index contributed by atoms with van der Waals surface area (Å²) in [5, 5.41) is 8.69. The molecule has 20 heavy (non-hydrogen) atoms. The van der Waals surface area contributed by atoms with Crippen molar-refractivity contribution in [3.05, 3.63) is 59.7 Å². The predicted octanol–water partition coefficient (Wildman–Crippen LogP) is 2.47. The van der Waals surface area contributed by atoms with Crippen molar-refractivity contribution in [1.29, 1.82) is 5.26 Å². The molecule has 4 heteroatoms. The van der Waals surface area contributed by atoms with Crippen LogP contribution in [0.25, 0.3) is 0 Å². The third-order valence-corrected chi connectivity index (χ3v) is 2.76. The first-order valence-electron chi connectivity index (χ1n) is 6.36. The Morgan fingerprint density at radius 3 is 1.80 bits per heavy atom. The fourth-order valence-electron chi connectivity index (χ4n) is 1.67. The summed E-state index contributed by atoms with van der Waals surface area (Å²) in [6, 6.07) is 16.7. The smallest absolute Gasteiger partial charge is 0.122 e. The van der Waals surface area contributed by atoms with E-state index >= 15 is 0 Å². The Bertz CT molecular complexity index is 571. The van der Waals surface area contributed by atoms with E-state index in [0.717, 1.165) is 17.1 Å². The number of rotatable bonds is 6. The Morgan fingerprint density at radius 2 is 1.35 bits per heavy atom. The third-order valence-electron chi connectivity index (χ3n) is 2.76. The standard InChI is InChI=1S/C16H16N2O2/c17-11-13-1-5-15(6-2-13)19-9-10-20-16-7-3-14(12-18)4-8-16/h1-8H,9-11,17H2. The summed E-state index contributed by atoms with van der Waals surface area (Å²) in [7, 11) is 0. The van der Waals surface area contributed by atoms with Gasteiger partial charge in [0.05, 0.1) is 11.6 Å². The highest BCUT2D eigenvalue weighted by Gasteiger charge is 1.97. The third kappa shape index (κ3) is 4.01. The fraction of sp³-hybridized carbons (Fsp3) is 0.188. The molecule has 2 N–H and O–H groups in total. The largest absolute Gasteiger partial charge is 0.490 e. The van der Waals surface area contributed by atoms with Crippen LogP contribution < -0.4 is 15.2 Å². The lowest BCUT2D eigenvalue weighted by atomic mass is 10.2. The first kappa shape index (κ1) is 13.9. The SMILES string of the molecule is N#Cc1ccc(OCCOc2ccc(CN)cc2)cc1. The second kappa shape index (κ2) is 7.17. The van der Waals surface area contributed by atoms with Crippen LogP contribution >= 0.6 is 0 Å². The summed E-state index contributed by atoms with van der Waals surface area (Å²) in [4.78, 5) is 0. The molecule has 0 atom stereocenters. The van der Waals surface area contributed by atoms with Gasteiger partial charge in [-0.1, -0.05) is 12.1 Å². The Hall–Kier alpha value is -2.51. The summed E-state index contributed by atoms with van der Waals surface area (Å²) in [5.41, 5.74) is 7.22. The molecule has 0 radical (unpaired) electrons. The number of nitrogens with zero attached hydrogens (tertiary/aromatic N) is 1. The highest BCUT2D eigenvalue weighted by atomic mass is 16.5. The van der Waals surface area contributed by atoms with Crippen molar-refractivity contribution >= 4 is 0 Å². The van der Waals surface area contributed by atoms with Gasteiger partial charge in [-0.3, -0.25) is 0 Å². The molecule has 0 aromatic heterocycles. The quantitative estimate of drug-likeness (QED) is 0.817. The predicted molar refractivity (Wildman–Crippen MR) is 76.5 cm³/mol. The Kier molecular flexibility index (Phi) is 4.99. The normalized spacial score (nSPS) is 9.80. The Labute approximate surface area is 118 Å². The van der Waals surface area contributed by atoms with Crippen LogP contribution in [-0.2, 0) is 6.54 Å². The van der Waals surface area contributed by atoms with Crippen LogP contribution in [0.2, 0.25) is 0 Å². The minimum Gasteiger partial charge on any atom is -0.490 e. The van der Waals surface area contributed by atoms with Crippen LogP contribution in [0.1, 0.15) is 11.1 Å². The zero-order valence-electron chi connectivity index (χ0n) is 11.1. The number of ether oxygens (including phenoxy) is 2. The first-order chi connectivity index (χ1) is 9.81. The fourth-order valence-corrected chi connectivity index (χ4v) is 1.67. The van der Waals surface area contributed by atoms with Crippen molar-refractivity contribution in [2.24, 2.45) is 5.73 Å². The zero-order chi connectivity index (χ0) is 14.2. The van der Waals surface area contributed by atoms with Crippen molar-refractivity contribution in [3.63, 3.8) is 0 Å². The van der Waals surface area contributed by atoms with E-state index in [1.54, 1.807) is 24.3 Å². The Balaban J connectivity index is 1.74. The molecule has 0 aliphatic rings. The summed E-state index contributed by atoms with van der Waals surface area (Å²) < 4.78 is 11.1. The molecule has 0 saturated heterocycles. The summed E-state index contributed by atoms with van der Waals surface area (Å²) >= 11 is 0. The molecular formula is C16H16N2O2. The van der Waals surface area contributed by atoms with Crippen LogP contribution in [0, 0.1) is 11.3 Å². The maximum Gasteiger partial charge on any atom is 0.122 e. The lowest BCUT2D eigenvalue weighted by Gasteiger charge is -2.08. The van der Waals surface area contributed by atoms with Gasteiger partial charge in [-0.25, -0.2) is 0 Å². The maximum absolute atomic E-state index is 8.69. The van der Waals surface area contributed by atoms with Gasteiger partial charge in [-0.05, 0) is 42.0 Å².